The Bertz CT molecular complexity index is 1060. The van der Waals surface area contributed by atoms with E-state index in [9.17, 15) is 9.59 Å². The second kappa shape index (κ2) is 11.7. The second-order valence-corrected chi connectivity index (χ2v) is 10.4. The van der Waals surface area contributed by atoms with Gasteiger partial charge in [0.1, 0.15) is 24.1 Å². The van der Waals surface area contributed by atoms with Gasteiger partial charge in [0.05, 0.1) is 30.9 Å². The second-order valence-electron chi connectivity index (χ2n) is 10.4. The third kappa shape index (κ3) is 6.38. The molecule has 0 spiro atoms. The largest absolute Gasteiger partial charge is 0.453 e. The highest BCUT2D eigenvalue weighted by Crippen LogP contribution is 2.32. The van der Waals surface area contributed by atoms with Crippen LogP contribution in [-0.4, -0.2) is 56.2 Å². The van der Waals surface area contributed by atoms with E-state index in [-0.39, 0.29) is 18.8 Å². The van der Waals surface area contributed by atoms with Crippen LogP contribution in [0.5, 0.6) is 5.75 Å². The molecule has 0 aromatic heterocycles. The van der Waals surface area contributed by atoms with Gasteiger partial charge in [-0.05, 0) is 68.0 Å². The normalized spacial score (nSPS) is 29.0. The van der Waals surface area contributed by atoms with Crippen molar-refractivity contribution in [3.8, 4) is 5.75 Å². The van der Waals surface area contributed by atoms with Gasteiger partial charge in [-0.15, -0.1) is 0 Å². The number of esters is 2. The molecule has 3 aliphatic rings. The van der Waals surface area contributed by atoms with Crippen LogP contribution in [-0.2, 0) is 24.0 Å². The van der Waals surface area contributed by atoms with E-state index in [1.165, 1.54) is 25.7 Å². The van der Waals surface area contributed by atoms with Crippen LogP contribution in [0.2, 0.25) is 0 Å². The monoisotopic (exact) mass is 510 g/mol. The molecule has 2 aliphatic heterocycles. The predicted octanol–water partition coefficient (Wildman–Crippen LogP) is 4.68. The Morgan fingerprint density at radius 1 is 0.811 bits per heavy atom. The number of aryl methyl sites for hydroxylation is 1. The van der Waals surface area contributed by atoms with Gasteiger partial charge in [-0.25, -0.2) is 19.4 Å². The van der Waals surface area contributed by atoms with Crippen LogP contribution in [0.1, 0.15) is 58.9 Å². The van der Waals surface area contributed by atoms with Crippen molar-refractivity contribution < 1.29 is 38.3 Å². The molecule has 0 bridgehead atoms. The molecule has 37 heavy (non-hydrogen) atoms. The van der Waals surface area contributed by atoms with Crippen LogP contribution in [0, 0.1) is 18.8 Å². The van der Waals surface area contributed by atoms with Crippen molar-refractivity contribution >= 4 is 11.9 Å². The van der Waals surface area contributed by atoms with E-state index >= 15 is 0 Å². The van der Waals surface area contributed by atoms with Gasteiger partial charge >= 0.3 is 11.9 Å². The smallest absolute Gasteiger partial charge is 0.343 e. The van der Waals surface area contributed by atoms with Crippen molar-refractivity contribution in [3.05, 3.63) is 65.2 Å². The van der Waals surface area contributed by atoms with E-state index in [4.69, 9.17) is 28.7 Å². The molecule has 0 amide bonds. The SMILES string of the molecule is Cc1ccc(C(=O)Oc2ccc(C(=O)OC3COC4C(OOCC5CCC(C)CC5)COC34)cc2)cc1. The van der Waals surface area contributed by atoms with Crippen molar-refractivity contribution in [2.24, 2.45) is 11.8 Å². The van der Waals surface area contributed by atoms with Crippen LogP contribution in [0.4, 0.5) is 0 Å². The summed E-state index contributed by atoms with van der Waals surface area (Å²) in [6, 6.07) is 13.4. The zero-order valence-electron chi connectivity index (χ0n) is 21.3. The number of carbonyl (C=O) groups excluding carboxylic acids is 2. The minimum atomic E-state index is -0.537. The summed E-state index contributed by atoms with van der Waals surface area (Å²) in [5, 5.41) is 0. The molecule has 1 saturated carbocycles. The van der Waals surface area contributed by atoms with E-state index in [2.05, 4.69) is 6.92 Å². The molecule has 2 saturated heterocycles. The standard InChI is InChI=1S/C29H34O8/c1-18-3-7-20(8-4-18)15-34-37-25-17-33-26-24(16-32-27(25)26)36-29(31)22-11-13-23(14-12-22)35-28(30)21-9-5-19(2)6-10-21/h5-6,9-14,18,20,24-27H,3-4,7-8,15-17H2,1-2H3. The summed E-state index contributed by atoms with van der Waals surface area (Å²) in [6.07, 6.45) is 3.19. The van der Waals surface area contributed by atoms with Gasteiger partial charge in [-0.2, -0.15) is 0 Å². The fraction of sp³-hybridized carbons (Fsp3) is 0.517. The average Bonchev–Trinajstić information content (AvgIpc) is 3.49. The van der Waals surface area contributed by atoms with Crippen molar-refractivity contribution in [2.75, 3.05) is 19.8 Å². The fourth-order valence-corrected chi connectivity index (χ4v) is 5.05. The highest BCUT2D eigenvalue weighted by Gasteiger charge is 2.50. The molecule has 8 heteroatoms. The Kier molecular flexibility index (Phi) is 8.20. The molecule has 0 radical (unpaired) electrons. The quantitative estimate of drug-likeness (QED) is 0.219. The van der Waals surface area contributed by atoms with Crippen molar-refractivity contribution in [2.45, 2.75) is 63.9 Å². The predicted molar refractivity (Wildman–Crippen MR) is 133 cm³/mol. The summed E-state index contributed by atoms with van der Waals surface area (Å²) in [5.74, 6) is 0.712. The first-order valence-corrected chi connectivity index (χ1v) is 13.1. The molecule has 198 valence electrons. The summed E-state index contributed by atoms with van der Waals surface area (Å²) < 4.78 is 22.8. The van der Waals surface area contributed by atoms with Gasteiger partial charge in [-0.3, -0.25) is 0 Å². The summed E-state index contributed by atoms with van der Waals surface area (Å²) in [4.78, 5) is 36.2. The van der Waals surface area contributed by atoms with Crippen molar-refractivity contribution in [1.29, 1.82) is 0 Å². The molecule has 4 unspecified atom stereocenters. The number of benzene rings is 2. The minimum absolute atomic E-state index is 0.230. The van der Waals surface area contributed by atoms with Crippen molar-refractivity contribution in [1.82, 2.24) is 0 Å². The van der Waals surface area contributed by atoms with E-state index in [0.717, 1.165) is 11.5 Å². The van der Waals surface area contributed by atoms with Gasteiger partial charge in [-0.1, -0.05) is 37.5 Å². The van der Waals surface area contributed by atoms with Gasteiger partial charge < -0.3 is 18.9 Å². The van der Waals surface area contributed by atoms with Crippen LogP contribution in [0.3, 0.4) is 0 Å². The van der Waals surface area contributed by atoms with Gasteiger partial charge in [0.15, 0.2) is 6.10 Å². The summed E-state index contributed by atoms with van der Waals surface area (Å²) in [5.41, 5.74) is 1.86. The zero-order valence-corrected chi connectivity index (χ0v) is 21.3. The Balaban J connectivity index is 1.07. The first-order valence-electron chi connectivity index (χ1n) is 13.1. The minimum Gasteiger partial charge on any atom is -0.453 e. The molecule has 3 fully saturated rings. The molecule has 2 aromatic rings. The molecule has 5 rings (SSSR count). The lowest BCUT2D eigenvalue weighted by atomic mass is 9.83. The Labute approximate surface area is 217 Å². The van der Waals surface area contributed by atoms with Crippen LogP contribution in [0.15, 0.2) is 48.5 Å². The maximum absolute atomic E-state index is 12.7. The Hall–Kier alpha value is -2.78. The third-order valence-electron chi connectivity index (χ3n) is 7.44. The van der Waals surface area contributed by atoms with E-state index in [1.54, 1.807) is 36.4 Å². The topological polar surface area (TPSA) is 89.5 Å². The Morgan fingerprint density at radius 2 is 1.41 bits per heavy atom. The fourth-order valence-electron chi connectivity index (χ4n) is 5.05. The number of rotatable bonds is 8. The lowest BCUT2D eigenvalue weighted by Gasteiger charge is -2.26. The molecule has 8 nitrogen and oxygen atoms in total. The average molecular weight is 511 g/mol. The highest BCUT2D eigenvalue weighted by atomic mass is 17.2. The molecule has 0 N–H and O–H groups in total. The number of carbonyl (C=O) groups is 2. The molecule has 1 aliphatic carbocycles. The molecular formula is C29H34O8. The van der Waals surface area contributed by atoms with Crippen LogP contribution in [0.25, 0.3) is 0 Å². The number of ether oxygens (including phenoxy) is 4. The third-order valence-corrected chi connectivity index (χ3v) is 7.44. The van der Waals surface area contributed by atoms with Crippen molar-refractivity contribution in [3.63, 3.8) is 0 Å². The number of hydrogen-bond acceptors (Lipinski definition) is 8. The summed E-state index contributed by atoms with van der Waals surface area (Å²) in [6.45, 7) is 5.38. The van der Waals surface area contributed by atoms with E-state index in [1.807, 2.05) is 19.1 Å². The summed E-state index contributed by atoms with van der Waals surface area (Å²) in [7, 11) is 0. The first-order chi connectivity index (χ1) is 18.0. The van der Waals surface area contributed by atoms with Gasteiger partial charge in [0.2, 0.25) is 0 Å². The zero-order chi connectivity index (χ0) is 25.8. The lowest BCUT2D eigenvalue weighted by molar-refractivity contribution is -0.339. The van der Waals surface area contributed by atoms with Crippen LogP contribution >= 0.6 is 0 Å². The molecule has 4 atom stereocenters. The van der Waals surface area contributed by atoms with Crippen LogP contribution < -0.4 is 4.74 Å². The van der Waals surface area contributed by atoms with Gasteiger partial charge in [0, 0.05) is 0 Å². The van der Waals surface area contributed by atoms with Gasteiger partial charge in [0.25, 0.3) is 0 Å². The number of hydrogen-bond donors (Lipinski definition) is 0. The maximum atomic E-state index is 12.7. The van der Waals surface area contributed by atoms with E-state index < -0.39 is 24.1 Å². The molecule has 2 heterocycles. The summed E-state index contributed by atoms with van der Waals surface area (Å²) >= 11 is 0. The maximum Gasteiger partial charge on any atom is 0.343 e. The van der Waals surface area contributed by atoms with E-state index in [0.29, 0.717) is 36.0 Å². The lowest BCUT2D eigenvalue weighted by Crippen LogP contribution is -2.35. The Morgan fingerprint density at radius 3 is 2.11 bits per heavy atom. The highest BCUT2D eigenvalue weighted by molar-refractivity contribution is 5.92. The first kappa shape index (κ1) is 25.9. The number of fused-ring (bicyclic) bond motifs is 1. The molecular weight excluding hydrogens is 476 g/mol. The molecule has 2 aromatic carbocycles.